The van der Waals surface area contributed by atoms with Crippen molar-refractivity contribution in [2.75, 3.05) is 26.4 Å². The summed E-state index contributed by atoms with van der Waals surface area (Å²) in [5.41, 5.74) is 4.61. The van der Waals surface area contributed by atoms with Crippen LogP contribution >= 0.6 is 7.82 Å². The van der Waals surface area contributed by atoms with Crippen molar-refractivity contribution >= 4 is 7.82 Å². The Morgan fingerprint density at radius 1 is 1.05 bits per heavy atom. The fourth-order valence-corrected chi connectivity index (χ4v) is 2.24. The molecule has 0 amide bonds. The van der Waals surface area contributed by atoms with Gasteiger partial charge >= 0.3 is 0 Å². The van der Waals surface area contributed by atoms with E-state index in [0.717, 1.165) is 12.0 Å². The Kier molecular flexibility index (Phi) is 8.69. The van der Waals surface area contributed by atoms with Crippen molar-refractivity contribution in [3.8, 4) is 0 Å². The molecular formula is C13H22NO5P. The van der Waals surface area contributed by atoms with E-state index < -0.39 is 7.82 Å². The first-order valence-corrected chi connectivity index (χ1v) is 8.11. The van der Waals surface area contributed by atoms with E-state index in [1.165, 1.54) is 0 Å². The molecule has 1 aromatic carbocycles. The molecule has 20 heavy (non-hydrogen) atoms. The molecule has 1 rings (SSSR count). The summed E-state index contributed by atoms with van der Waals surface area (Å²) in [6, 6.07) is 9.88. The largest absolute Gasteiger partial charge is 0.756 e. The Morgan fingerprint density at radius 3 is 2.40 bits per heavy atom. The molecule has 1 unspecified atom stereocenters. The van der Waals surface area contributed by atoms with Gasteiger partial charge in [-0.05, 0) is 18.4 Å². The summed E-state index contributed by atoms with van der Waals surface area (Å²) in [6.07, 6.45) is 1.34. The van der Waals surface area contributed by atoms with Gasteiger partial charge in [0.25, 0.3) is 7.82 Å². The van der Waals surface area contributed by atoms with E-state index >= 15 is 0 Å². The summed E-state index contributed by atoms with van der Waals surface area (Å²) in [4.78, 5) is 11.2. The Morgan fingerprint density at radius 2 is 1.70 bits per heavy atom. The van der Waals surface area contributed by atoms with Crippen LogP contribution < -0.4 is 10.6 Å². The molecule has 0 aliphatic carbocycles. The fraction of sp³-hybridized carbons (Fsp3) is 0.538. The maximum Gasteiger partial charge on any atom is 0.268 e. The molecule has 0 aliphatic heterocycles. The van der Waals surface area contributed by atoms with Gasteiger partial charge in [0.15, 0.2) is 0 Å². The third kappa shape index (κ3) is 8.43. The monoisotopic (exact) mass is 303 g/mol. The zero-order valence-corrected chi connectivity index (χ0v) is 12.4. The average molecular weight is 303 g/mol. The van der Waals surface area contributed by atoms with Crippen LogP contribution in [-0.2, 0) is 25.0 Å². The predicted molar refractivity (Wildman–Crippen MR) is 72.6 cm³/mol. The summed E-state index contributed by atoms with van der Waals surface area (Å²) in [6.45, 7) is 1.70. The average Bonchev–Trinajstić information content (AvgIpc) is 2.45. The molecular weight excluding hydrogens is 281 g/mol. The summed E-state index contributed by atoms with van der Waals surface area (Å²) in [5.74, 6) is 0. The van der Waals surface area contributed by atoms with Crippen molar-refractivity contribution in [2.45, 2.75) is 19.4 Å². The lowest BCUT2D eigenvalue weighted by molar-refractivity contribution is -0.373. The molecule has 0 saturated heterocycles. The Bertz CT molecular complexity index is 401. The van der Waals surface area contributed by atoms with Gasteiger partial charge in [0, 0.05) is 6.61 Å². The maximum atomic E-state index is 11.2. The molecule has 0 saturated carbocycles. The molecule has 3 N–H and O–H groups in total. The number of quaternary nitrogens is 1. The fourth-order valence-electron chi connectivity index (χ4n) is 1.46. The molecule has 1 aromatic rings. The van der Waals surface area contributed by atoms with Crippen LogP contribution in [-0.4, -0.2) is 26.4 Å². The van der Waals surface area contributed by atoms with Crippen molar-refractivity contribution in [3.63, 3.8) is 0 Å². The van der Waals surface area contributed by atoms with Gasteiger partial charge in [0.2, 0.25) is 0 Å². The van der Waals surface area contributed by atoms with Crippen LogP contribution in [0.25, 0.3) is 0 Å². The number of hydrogen-bond acceptors (Lipinski definition) is 5. The van der Waals surface area contributed by atoms with E-state index in [-0.39, 0.29) is 13.2 Å². The van der Waals surface area contributed by atoms with Gasteiger partial charge in [0.1, 0.15) is 6.61 Å². The lowest BCUT2D eigenvalue weighted by atomic mass is 10.2. The van der Waals surface area contributed by atoms with Crippen molar-refractivity contribution < 1.29 is 29.0 Å². The van der Waals surface area contributed by atoms with Gasteiger partial charge in [-0.3, -0.25) is 4.57 Å². The second-order valence-electron chi connectivity index (χ2n) is 4.21. The van der Waals surface area contributed by atoms with E-state index in [2.05, 4.69) is 10.3 Å². The molecule has 7 heteroatoms. The second kappa shape index (κ2) is 10.0. The normalized spacial score (nSPS) is 14.1. The van der Waals surface area contributed by atoms with Crippen molar-refractivity contribution in [2.24, 2.45) is 0 Å². The van der Waals surface area contributed by atoms with E-state index in [0.29, 0.717) is 26.2 Å². The Hall–Kier alpha value is -0.750. The summed E-state index contributed by atoms with van der Waals surface area (Å²) in [5, 5.41) is 0. The minimum Gasteiger partial charge on any atom is -0.756 e. The van der Waals surface area contributed by atoms with E-state index in [4.69, 9.17) is 9.26 Å². The Labute approximate surface area is 119 Å². The second-order valence-corrected chi connectivity index (χ2v) is 5.62. The molecule has 1 atom stereocenters. The zero-order valence-electron chi connectivity index (χ0n) is 11.5. The van der Waals surface area contributed by atoms with Crippen molar-refractivity contribution in [1.29, 1.82) is 0 Å². The van der Waals surface area contributed by atoms with Crippen LogP contribution in [0.2, 0.25) is 0 Å². The summed E-state index contributed by atoms with van der Waals surface area (Å²) >= 11 is 0. The van der Waals surface area contributed by atoms with Crippen LogP contribution in [0, 0.1) is 0 Å². The highest BCUT2D eigenvalue weighted by molar-refractivity contribution is 7.45. The molecule has 0 radical (unpaired) electrons. The summed E-state index contributed by atoms with van der Waals surface area (Å²) in [7, 11) is -4.14. The number of phosphoric acid groups is 1. The van der Waals surface area contributed by atoms with E-state index in [1.807, 2.05) is 30.3 Å². The minimum absolute atomic E-state index is 0.0565. The van der Waals surface area contributed by atoms with Gasteiger partial charge in [-0.15, -0.1) is 0 Å². The first kappa shape index (κ1) is 17.3. The van der Waals surface area contributed by atoms with Crippen LogP contribution in [0.3, 0.4) is 0 Å². The van der Waals surface area contributed by atoms with Gasteiger partial charge < -0.3 is 24.4 Å². The van der Waals surface area contributed by atoms with Crippen molar-refractivity contribution in [3.05, 3.63) is 35.9 Å². The molecule has 6 nitrogen and oxygen atoms in total. The van der Waals surface area contributed by atoms with E-state index in [9.17, 15) is 9.46 Å². The lowest BCUT2D eigenvalue weighted by Crippen LogP contribution is -2.52. The van der Waals surface area contributed by atoms with Gasteiger partial charge in [0.05, 0.1) is 19.8 Å². The number of benzene rings is 1. The van der Waals surface area contributed by atoms with Crippen LogP contribution in [0.5, 0.6) is 0 Å². The third-order valence-corrected chi connectivity index (χ3v) is 3.44. The van der Waals surface area contributed by atoms with E-state index in [1.54, 1.807) is 0 Å². The van der Waals surface area contributed by atoms with Crippen LogP contribution in [0.1, 0.15) is 18.4 Å². The summed E-state index contributed by atoms with van der Waals surface area (Å²) < 4.78 is 25.9. The standard InChI is InChI=1S/C13H22NO5P/c14-8-11-19-20(15,16)18-10-5-4-9-17-12-13-6-2-1-3-7-13/h1-3,6-7H,4-5,8-12,14H2,(H,15,16). The van der Waals surface area contributed by atoms with Gasteiger partial charge in [-0.2, -0.15) is 0 Å². The lowest BCUT2D eigenvalue weighted by Gasteiger charge is -2.21. The first-order chi connectivity index (χ1) is 9.64. The molecule has 0 spiro atoms. The number of rotatable bonds is 11. The first-order valence-electron chi connectivity index (χ1n) is 6.65. The highest BCUT2D eigenvalue weighted by atomic mass is 31.2. The van der Waals surface area contributed by atoms with Gasteiger partial charge in [-0.25, -0.2) is 0 Å². The molecule has 114 valence electrons. The minimum atomic E-state index is -4.14. The highest BCUT2D eigenvalue weighted by Gasteiger charge is 2.08. The number of ether oxygens (including phenoxy) is 1. The zero-order chi connectivity index (χ0) is 14.7. The van der Waals surface area contributed by atoms with Crippen LogP contribution in [0.4, 0.5) is 0 Å². The predicted octanol–water partition coefficient (Wildman–Crippen LogP) is 0.727. The number of unbranched alkanes of at least 4 members (excludes halogenated alkanes) is 1. The molecule has 0 aliphatic rings. The molecule has 0 bridgehead atoms. The molecule has 0 fully saturated rings. The topological polar surface area (TPSA) is 95.5 Å². The Balaban J connectivity index is 1.98. The molecule has 0 heterocycles. The van der Waals surface area contributed by atoms with Crippen LogP contribution in [0.15, 0.2) is 30.3 Å². The molecule has 0 aromatic heterocycles. The highest BCUT2D eigenvalue weighted by Crippen LogP contribution is 2.37. The quantitative estimate of drug-likeness (QED) is 0.480. The van der Waals surface area contributed by atoms with Crippen molar-refractivity contribution in [1.82, 2.24) is 0 Å². The van der Waals surface area contributed by atoms with Gasteiger partial charge in [-0.1, -0.05) is 30.3 Å². The number of phosphoric ester groups is 1. The smallest absolute Gasteiger partial charge is 0.268 e. The number of hydrogen-bond donors (Lipinski definition) is 1. The maximum absolute atomic E-state index is 11.2. The third-order valence-electron chi connectivity index (χ3n) is 2.44. The SMILES string of the molecule is [NH3+]CCOP(=O)([O-])OCCCCOCc1ccccc1.